The Labute approximate surface area is 177 Å². The Balaban J connectivity index is 1.51. The zero-order valence-electron chi connectivity index (χ0n) is 17.1. The molecule has 0 saturated heterocycles. The van der Waals surface area contributed by atoms with Crippen LogP contribution in [0.25, 0.3) is 0 Å². The van der Waals surface area contributed by atoms with E-state index in [4.69, 9.17) is 9.47 Å². The van der Waals surface area contributed by atoms with E-state index in [-0.39, 0.29) is 17.9 Å². The molecule has 2 N–H and O–H groups in total. The van der Waals surface area contributed by atoms with E-state index in [1.54, 1.807) is 17.0 Å². The molecule has 0 fully saturated rings. The van der Waals surface area contributed by atoms with Crippen LogP contribution in [0.2, 0.25) is 0 Å². The van der Waals surface area contributed by atoms with E-state index < -0.39 is 10.0 Å². The van der Waals surface area contributed by atoms with Gasteiger partial charge in [-0.2, -0.15) is 0 Å². The molecule has 2 aromatic rings. The summed E-state index contributed by atoms with van der Waals surface area (Å²) in [4.78, 5) is 14.3. The maximum atomic E-state index is 12.6. The second-order valence-corrected chi connectivity index (χ2v) is 8.90. The Morgan fingerprint density at radius 1 is 1.10 bits per heavy atom. The predicted octanol–water partition coefficient (Wildman–Crippen LogP) is 2.11. The summed E-state index contributed by atoms with van der Waals surface area (Å²) in [6.45, 7) is 3.59. The first-order chi connectivity index (χ1) is 14.4. The molecule has 0 saturated carbocycles. The fourth-order valence-electron chi connectivity index (χ4n) is 3.09. The number of carbonyl (C=O) groups is 1. The van der Waals surface area contributed by atoms with Gasteiger partial charge in [-0.05, 0) is 37.2 Å². The maximum absolute atomic E-state index is 12.6. The number of benzene rings is 2. The van der Waals surface area contributed by atoms with E-state index in [1.165, 1.54) is 7.05 Å². The number of carbonyl (C=O) groups excluding carboxylic acids is 1. The van der Waals surface area contributed by atoms with Gasteiger partial charge in [0, 0.05) is 13.1 Å². The zero-order valence-corrected chi connectivity index (χ0v) is 17.9. The first-order valence-electron chi connectivity index (χ1n) is 9.80. The van der Waals surface area contributed by atoms with Crippen molar-refractivity contribution in [3.63, 3.8) is 0 Å². The second-order valence-electron chi connectivity index (χ2n) is 6.97. The van der Waals surface area contributed by atoms with Crippen molar-refractivity contribution >= 4 is 16.1 Å². The van der Waals surface area contributed by atoms with Gasteiger partial charge in [0.05, 0.1) is 12.3 Å². The zero-order chi connectivity index (χ0) is 21.6. The molecular weight excluding hydrogens is 406 g/mol. The van der Waals surface area contributed by atoms with E-state index in [9.17, 15) is 13.2 Å². The summed E-state index contributed by atoms with van der Waals surface area (Å²) in [6, 6.07) is 14.4. The molecule has 1 unspecified atom stereocenters. The summed E-state index contributed by atoms with van der Waals surface area (Å²) in [7, 11) is -1.92. The quantitative estimate of drug-likeness (QED) is 0.665. The minimum Gasteiger partial charge on any atom is -0.486 e. The van der Waals surface area contributed by atoms with Crippen LogP contribution in [0.15, 0.2) is 48.5 Å². The maximum Gasteiger partial charge on any atom is 0.317 e. The number of fused-ring (bicyclic) bond motifs is 1. The second kappa shape index (κ2) is 9.82. The van der Waals surface area contributed by atoms with Gasteiger partial charge in [-0.25, -0.2) is 17.9 Å². The Morgan fingerprint density at radius 2 is 1.77 bits per heavy atom. The van der Waals surface area contributed by atoms with E-state index in [0.29, 0.717) is 43.3 Å². The van der Waals surface area contributed by atoms with Crippen molar-refractivity contribution in [2.45, 2.75) is 25.3 Å². The Bertz CT molecular complexity index is 963. The molecule has 162 valence electrons. The summed E-state index contributed by atoms with van der Waals surface area (Å²) in [5.41, 5.74) is 1.57. The van der Waals surface area contributed by atoms with Crippen molar-refractivity contribution in [3.8, 4) is 11.5 Å². The number of hydrogen-bond acceptors (Lipinski definition) is 5. The summed E-state index contributed by atoms with van der Waals surface area (Å²) in [5.74, 6) is 1.32. The number of amides is 2. The van der Waals surface area contributed by atoms with Crippen LogP contribution in [0.5, 0.6) is 11.5 Å². The highest BCUT2D eigenvalue weighted by atomic mass is 32.2. The van der Waals surface area contributed by atoms with Gasteiger partial charge >= 0.3 is 6.03 Å². The van der Waals surface area contributed by atoms with E-state index in [0.717, 1.165) is 5.56 Å². The minimum absolute atomic E-state index is 0.0770. The number of hydrogen-bond donors (Lipinski definition) is 2. The molecule has 9 heteroatoms. The molecule has 2 amide bonds. The molecule has 1 heterocycles. The molecule has 30 heavy (non-hydrogen) atoms. The van der Waals surface area contributed by atoms with Crippen molar-refractivity contribution in [2.75, 3.05) is 26.7 Å². The molecule has 1 atom stereocenters. The minimum atomic E-state index is -3.31. The van der Waals surface area contributed by atoms with E-state index >= 15 is 0 Å². The van der Waals surface area contributed by atoms with Crippen molar-refractivity contribution < 1.29 is 22.7 Å². The van der Waals surface area contributed by atoms with Gasteiger partial charge in [-0.3, -0.25) is 0 Å². The van der Waals surface area contributed by atoms with Crippen LogP contribution in [-0.4, -0.2) is 52.2 Å². The molecule has 8 nitrogen and oxygen atoms in total. The standard InChI is InChI=1S/C21H27N3O5S/c1-3-24(13-18-14-28-19-6-4-5-7-20(19)29-18)21(25)23-12-16-8-10-17(11-9-16)15-30(26,27)22-2/h4-11,18,22H,3,12-15H2,1-2H3,(H,23,25). The number of nitrogens with zero attached hydrogens (tertiary/aromatic N) is 1. The van der Waals surface area contributed by atoms with Crippen LogP contribution in [0.4, 0.5) is 4.79 Å². The lowest BCUT2D eigenvalue weighted by Crippen LogP contribution is -2.47. The number of para-hydroxylation sites is 2. The average molecular weight is 434 g/mol. The van der Waals surface area contributed by atoms with Gasteiger partial charge in [0.2, 0.25) is 10.0 Å². The van der Waals surface area contributed by atoms with Gasteiger partial charge in [-0.1, -0.05) is 36.4 Å². The van der Waals surface area contributed by atoms with Crippen molar-refractivity contribution in [3.05, 3.63) is 59.7 Å². The molecule has 1 aliphatic rings. The molecular formula is C21H27N3O5S. The molecule has 0 radical (unpaired) electrons. The van der Waals surface area contributed by atoms with Gasteiger partial charge < -0.3 is 19.7 Å². The van der Waals surface area contributed by atoms with Gasteiger partial charge in [-0.15, -0.1) is 0 Å². The number of rotatable bonds is 8. The summed E-state index contributed by atoms with van der Waals surface area (Å²) >= 11 is 0. The van der Waals surface area contributed by atoms with E-state index in [2.05, 4.69) is 10.0 Å². The van der Waals surface area contributed by atoms with Crippen LogP contribution in [0, 0.1) is 0 Å². The number of nitrogens with one attached hydrogen (secondary N) is 2. The number of urea groups is 1. The van der Waals surface area contributed by atoms with Gasteiger partial charge in [0.1, 0.15) is 6.61 Å². The topological polar surface area (TPSA) is 97.0 Å². The third-order valence-electron chi connectivity index (χ3n) is 4.79. The van der Waals surface area contributed by atoms with Crippen LogP contribution in [-0.2, 0) is 22.3 Å². The highest BCUT2D eigenvalue weighted by Gasteiger charge is 2.24. The third-order valence-corrected chi connectivity index (χ3v) is 6.13. The number of likely N-dealkylation sites (N-methyl/N-ethyl adjacent to an activating group) is 1. The molecule has 0 aromatic heterocycles. The molecule has 0 spiro atoms. The van der Waals surface area contributed by atoms with Crippen LogP contribution in [0.1, 0.15) is 18.1 Å². The molecule has 0 bridgehead atoms. The highest BCUT2D eigenvalue weighted by molar-refractivity contribution is 7.88. The number of sulfonamides is 1. The number of ether oxygens (including phenoxy) is 2. The normalized spacial score (nSPS) is 15.5. The van der Waals surface area contributed by atoms with Crippen LogP contribution in [0.3, 0.4) is 0 Å². The lowest BCUT2D eigenvalue weighted by molar-refractivity contribution is 0.0675. The molecule has 1 aliphatic heterocycles. The fourth-order valence-corrected chi connectivity index (χ4v) is 3.86. The average Bonchev–Trinajstić information content (AvgIpc) is 2.76. The predicted molar refractivity (Wildman–Crippen MR) is 114 cm³/mol. The summed E-state index contributed by atoms with van der Waals surface area (Å²) in [6.07, 6.45) is -0.237. The molecule has 3 rings (SSSR count). The first-order valence-corrected chi connectivity index (χ1v) is 11.5. The molecule has 2 aromatic carbocycles. The van der Waals surface area contributed by atoms with Crippen LogP contribution < -0.4 is 19.5 Å². The summed E-state index contributed by atoms with van der Waals surface area (Å²) < 4.78 is 37.2. The fraction of sp³-hybridized carbons (Fsp3) is 0.381. The van der Waals surface area contributed by atoms with Gasteiger partial charge in [0.15, 0.2) is 17.6 Å². The lowest BCUT2D eigenvalue weighted by atomic mass is 10.1. The highest BCUT2D eigenvalue weighted by Crippen LogP contribution is 2.31. The Kier molecular flexibility index (Phi) is 7.17. The van der Waals surface area contributed by atoms with Crippen molar-refractivity contribution in [2.24, 2.45) is 0 Å². The first kappa shape index (κ1) is 21.9. The third kappa shape index (κ3) is 5.87. The van der Waals surface area contributed by atoms with Crippen molar-refractivity contribution in [1.82, 2.24) is 14.9 Å². The monoisotopic (exact) mass is 433 g/mol. The van der Waals surface area contributed by atoms with Crippen molar-refractivity contribution in [1.29, 1.82) is 0 Å². The Hall–Kier alpha value is -2.78. The lowest BCUT2D eigenvalue weighted by Gasteiger charge is -2.31. The van der Waals surface area contributed by atoms with E-state index in [1.807, 2.05) is 43.3 Å². The van der Waals surface area contributed by atoms with Crippen LogP contribution >= 0.6 is 0 Å². The summed E-state index contributed by atoms with van der Waals surface area (Å²) in [5, 5.41) is 2.90. The molecule has 0 aliphatic carbocycles. The SMILES string of the molecule is CCN(CC1COc2ccccc2O1)C(=O)NCc1ccc(CS(=O)(=O)NC)cc1. The Morgan fingerprint density at radius 3 is 2.43 bits per heavy atom. The van der Waals surface area contributed by atoms with Gasteiger partial charge in [0.25, 0.3) is 0 Å². The smallest absolute Gasteiger partial charge is 0.317 e. The largest absolute Gasteiger partial charge is 0.486 e.